The summed E-state index contributed by atoms with van der Waals surface area (Å²) in [5.74, 6) is 0.146. The van der Waals surface area contributed by atoms with Crippen LogP contribution in [0.1, 0.15) is 13.3 Å². The number of carbonyl (C=O) groups excluding carboxylic acids is 1. The first-order valence-electron chi connectivity index (χ1n) is 7.25. The minimum absolute atomic E-state index is 0.0270. The van der Waals surface area contributed by atoms with Gasteiger partial charge in [0.05, 0.1) is 36.9 Å². The number of amides is 1. The summed E-state index contributed by atoms with van der Waals surface area (Å²) in [5, 5.41) is 9.19. The van der Waals surface area contributed by atoms with Gasteiger partial charge in [-0.1, -0.05) is 0 Å². The molecule has 1 amide bonds. The number of carbonyl (C=O) groups is 1. The average molecular weight is 320 g/mol. The summed E-state index contributed by atoms with van der Waals surface area (Å²) in [6.07, 6.45) is 0.225. The van der Waals surface area contributed by atoms with E-state index in [4.69, 9.17) is 4.74 Å². The first kappa shape index (κ1) is 16.7. The van der Waals surface area contributed by atoms with E-state index in [-0.39, 0.29) is 48.8 Å². The number of morpholine rings is 1. The molecule has 2 fully saturated rings. The first-order valence-corrected chi connectivity index (χ1v) is 9.07. The molecule has 2 rings (SSSR count). The Balaban J connectivity index is 1.89. The second kappa shape index (κ2) is 6.60. The van der Waals surface area contributed by atoms with E-state index >= 15 is 0 Å². The molecule has 2 aliphatic heterocycles. The van der Waals surface area contributed by atoms with Gasteiger partial charge in [0.25, 0.3) is 0 Å². The first-order chi connectivity index (χ1) is 9.80. The molecule has 21 heavy (non-hydrogen) atoms. The standard InChI is InChI=1S/C13H24N2O5S/c1-10-5-15(6-12(8-16)20-10)7-13(17)14(2)11-3-4-21(18,19)9-11/h10-12,16H,3-9H2,1-2H3. The number of nitrogens with zero attached hydrogens (tertiary/aromatic N) is 2. The zero-order valence-corrected chi connectivity index (χ0v) is 13.4. The zero-order chi connectivity index (χ0) is 15.6. The zero-order valence-electron chi connectivity index (χ0n) is 12.6. The van der Waals surface area contributed by atoms with Crippen molar-refractivity contribution >= 4 is 15.7 Å². The van der Waals surface area contributed by atoms with E-state index in [1.807, 2.05) is 11.8 Å². The molecule has 0 bridgehead atoms. The molecule has 0 spiro atoms. The molecular weight excluding hydrogens is 296 g/mol. The maximum atomic E-state index is 12.3. The van der Waals surface area contributed by atoms with Crippen LogP contribution in [0.25, 0.3) is 0 Å². The Labute approximate surface area is 125 Å². The van der Waals surface area contributed by atoms with Crippen molar-refractivity contribution in [2.75, 3.05) is 44.8 Å². The van der Waals surface area contributed by atoms with Crippen molar-refractivity contribution in [1.29, 1.82) is 0 Å². The molecule has 0 radical (unpaired) electrons. The third-order valence-corrected chi connectivity index (χ3v) is 5.86. The van der Waals surface area contributed by atoms with Crippen LogP contribution in [0.15, 0.2) is 0 Å². The van der Waals surface area contributed by atoms with Crippen LogP contribution in [0, 0.1) is 0 Å². The predicted octanol–water partition coefficient (Wildman–Crippen LogP) is -1.29. The molecule has 2 saturated heterocycles. The number of aliphatic hydroxyl groups is 1. The third kappa shape index (κ3) is 4.38. The Hall–Kier alpha value is -0.700. The van der Waals surface area contributed by atoms with Gasteiger partial charge in [0.1, 0.15) is 0 Å². The second-order valence-electron chi connectivity index (χ2n) is 6.01. The highest BCUT2D eigenvalue weighted by molar-refractivity contribution is 7.91. The third-order valence-electron chi connectivity index (χ3n) is 4.11. The van der Waals surface area contributed by atoms with Crippen molar-refractivity contribution < 1.29 is 23.1 Å². The summed E-state index contributed by atoms with van der Waals surface area (Å²) in [6.45, 7) is 3.23. The summed E-state index contributed by atoms with van der Waals surface area (Å²) in [6, 6.07) is -0.213. The normalized spacial score (nSPS) is 33.0. The van der Waals surface area contributed by atoms with Crippen molar-refractivity contribution in [2.24, 2.45) is 0 Å². The lowest BCUT2D eigenvalue weighted by Crippen LogP contribution is -2.52. The lowest BCUT2D eigenvalue weighted by atomic mass is 10.2. The highest BCUT2D eigenvalue weighted by Gasteiger charge is 2.34. The van der Waals surface area contributed by atoms with Gasteiger partial charge in [-0.05, 0) is 13.3 Å². The minimum atomic E-state index is -2.99. The lowest BCUT2D eigenvalue weighted by molar-refractivity contribution is -0.138. The van der Waals surface area contributed by atoms with Crippen molar-refractivity contribution in [3.8, 4) is 0 Å². The number of hydrogen-bond donors (Lipinski definition) is 1. The lowest BCUT2D eigenvalue weighted by Gasteiger charge is -2.36. The van der Waals surface area contributed by atoms with Crippen molar-refractivity contribution in [3.63, 3.8) is 0 Å². The van der Waals surface area contributed by atoms with Crippen LogP contribution in [0.3, 0.4) is 0 Å². The van der Waals surface area contributed by atoms with Crippen LogP contribution in [0.2, 0.25) is 0 Å². The van der Waals surface area contributed by atoms with Gasteiger partial charge in [0, 0.05) is 26.2 Å². The van der Waals surface area contributed by atoms with E-state index < -0.39 is 9.84 Å². The predicted molar refractivity (Wildman–Crippen MR) is 77.7 cm³/mol. The molecule has 2 heterocycles. The van der Waals surface area contributed by atoms with Crippen molar-refractivity contribution in [3.05, 3.63) is 0 Å². The molecular formula is C13H24N2O5S. The second-order valence-corrected chi connectivity index (χ2v) is 8.24. The van der Waals surface area contributed by atoms with Gasteiger partial charge in [-0.3, -0.25) is 9.69 Å². The SMILES string of the molecule is CC1CN(CC(=O)N(C)C2CCS(=O)(=O)C2)CC(CO)O1. The van der Waals surface area contributed by atoms with Crippen LogP contribution in [-0.2, 0) is 19.4 Å². The molecule has 0 aromatic carbocycles. The number of sulfone groups is 1. The van der Waals surface area contributed by atoms with Gasteiger partial charge in [-0.25, -0.2) is 8.42 Å². The highest BCUT2D eigenvalue weighted by Crippen LogP contribution is 2.17. The Morgan fingerprint density at radius 1 is 1.43 bits per heavy atom. The molecule has 2 aliphatic rings. The summed E-state index contributed by atoms with van der Waals surface area (Å²) in [7, 11) is -1.32. The Kier molecular flexibility index (Phi) is 5.24. The summed E-state index contributed by atoms with van der Waals surface area (Å²) < 4.78 is 28.5. The van der Waals surface area contributed by atoms with Crippen molar-refractivity contribution in [1.82, 2.24) is 9.80 Å². The fourth-order valence-corrected chi connectivity index (χ4v) is 4.73. The fourth-order valence-electron chi connectivity index (χ4n) is 2.96. The Morgan fingerprint density at radius 3 is 2.71 bits per heavy atom. The maximum absolute atomic E-state index is 12.3. The van der Waals surface area contributed by atoms with Crippen LogP contribution < -0.4 is 0 Å². The van der Waals surface area contributed by atoms with E-state index in [9.17, 15) is 18.3 Å². The van der Waals surface area contributed by atoms with E-state index in [0.717, 1.165) is 0 Å². The van der Waals surface area contributed by atoms with E-state index in [1.165, 1.54) is 0 Å². The number of aliphatic hydroxyl groups excluding tert-OH is 1. The molecule has 0 aromatic heterocycles. The molecule has 8 heteroatoms. The van der Waals surface area contributed by atoms with E-state index in [1.54, 1.807) is 11.9 Å². The number of rotatable bonds is 4. The van der Waals surface area contributed by atoms with E-state index in [0.29, 0.717) is 19.5 Å². The molecule has 3 unspecified atom stereocenters. The fraction of sp³-hybridized carbons (Fsp3) is 0.923. The van der Waals surface area contributed by atoms with Crippen LogP contribution in [0.4, 0.5) is 0 Å². The van der Waals surface area contributed by atoms with Gasteiger partial charge in [-0.15, -0.1) is 0 Å². The highest BCUT2D eigenvalue weighted by atomic mass is 32.2. The van der Waals surface area contributed by atoms with Crippen molar-refractivity contribution in [2.45, 2.75) is 31.6 Å². The van der Waals surface area contributed by atoms with Crippen LogP contribution in [-0.4, -0.2) is 92.3 Å². The Bertz CT molecular complexity index is 481. The van der Waals surface area contributed by atoms with Gasteiger partial charge in [0.15, 0.2) is 9.84 Å². The molecule has 0 aromatic rings. The van der Waals surface area contributed by atoms with Gasteiger partial charge >= 0.3 is 0 Å². The quantitative estimate of drug-likeness (QED) is 0.694. The smallest absolute Gasteiger partial charge is 0.236 e. The molecule has 3 atom stereocenters. The molecule has 122 valence electrons. The van der Waals surface area contributed by atoms with Gasteiger partial charge in [0.2, 0.25) is 5.91 Å². The van der Waals surface area contributed by atoms with E-state index in [2.05, 4.69) is 0 Å². The minimum Gasteiger partial charge on any atom is -0.394 e. The Morgan fingerprint density at radius 2 is 2.14 bits per heavy atom. The summed E-state index contributed by atoms with van der Waals surface area (Å²) in [5.41, 5.74) is 0. The molecule has 1 N–H and O–H groups in total. The van der Waals surface area contributed by atoms with Gasteiger partial charge in [-0.2, -0.15) is 0 Å². The van der Waals surface area contributed by atoms with Crippen LogP contribution >= 0.6 is 0 Å². The average Bonchev–Trinajstić information content (AvgIpc) is 2.77. The molecule has 0 aliphatic carbocycles. The topological polar surface area (TPSA) is 87.2 Å². The molecule has 0 saturated carbocycles. The maximum Gasteiger partial charge on any atom is 0.236 e. The molecule has 7 nitrogen and oxygen atoms in total. The number of likely N-dealkylation sites (N-methyl/N-ethyl adjacent to an activating group) is 1. The number of ether oxygens (including phenoxy) is 1. The summed E-state index contributed by atoms with van der Waals surface area (Å²) in [4.78, 5) is 15.8. The summed E-state index contributed by atoms with van der Waals surface area (Å²) >= 11 is 0. The number of hydrogen-bond acceptors (Lipinski definition) is 6. The van der Waals surface area contributed by atoms with Gasteiger partial charge < -0.3 is 14.7 Å². The largest absolute Gasteiger partial charge is 0.394 e. The monoisotopic (exact) mass is 320 g/mol. The van der Waals surface area contributed by atoms with Crippen LogP contribution in [0.5, 0.6) is 0 Å².